The molecule has 0 aliphatic rings. The van der Waals surface area contributed by atoms with Gasteiger partial charge in [0.25, 0.3) is 5.91 Å². The molecule has 2 rings (SSSR count). The third-order valence-electron chi connectivity index (χ3n) is 2.46. The predicted molar refractivity (Wildman–Crippen MR) is 62.1 cm³/mol. The van der Waals surface area contributed by atoms with Crippen molar-refractivity contribution in [3.8, 4) is 6.07 Å². The highest BCUT2D eigenvalue weighted by molar-refractivity contribution is 6.07. The molecule has 0 aliphatic heterocycles. The number of carbonyl (C=O) groups excluding carboxylic acids is 1. The Kier molecular flexibility index (Phi) is 2.57. The number of hydrogen-bond donors (Lipinski definition) is 1. The van der Waals surface area contributed by atoms with Gasteiger partial charge in [-0.3, -0.25) is 4.79 Å². The average Bonchev–Trinajstić information content (AvgIpc) is 2.36. The molecule has 0 spiro atoms. The minimum atomic E-state index is -0.173. The van der Waals surface area contributed by atoms with Gasteiger partial charge in [-0.2, -0.15) is 5.26 Å². The molecule has 0 fully saturated rings. The first-order valence-corrected chi connectivity index (χ1v) is 4.91. The van der Waals surface area contributed by atoms with Crippen LogP contribution >= 0.6 is 0 Å². The van der Waals surface area contributed by atoms with Crippen molar-refractivity contribution in [3.05, 3.63) is 47.5 Å². The van der Waals surface area contributed by atoms with Gasteiger partial charge in [0.15, 0.2) is 0 Å². The van der Waals surface area contributed by atoms with Crippen LogP contribution in [0.3, 0.4) is 0 Å². The lowest BCUT2D eigenvalue weighted by atomic mass is 10.0. The SMILES string of the molecule is CNC(=O)c1cc(C#N)cc2ccccc12. The number of rotatable bonds is 1. The predicted octanol–water partition coefficient (Wildman–Crippen LogP) is 2.07. The van der Waals surface area contributed by atoms with Gasteiger partial charge >= 0.3 is 0 Å². The molecule has 2 aromatic carbocycles. The summed E-state index contributed by atoms with van der Waals surface area (Å²) in [5, 5.41) is 13.2. The number of nitriles is 1. The van der Waals surface area contributed by atoms with Gasteiger partial charge in [-0.15, -0.1) is 0 Å². The number of amides is 1. The summed E-state index contributed by atoms with van der Waals surface area (Å²) in [5.41, 5.74) is 1.04. The summed E-state index contributed by atoms with van der Waals surface area (Å²) in [6, 6.07) is 13.0. The smallest absolute Gasteiger partial charge is 0.251 e. The fourth-order valence-corrected chi connectivity index (χ4v) is 1.70. The van der Waals surface area contributed by atoms with E-state index in [1.807, 2.05) is 24.3 Å². The lowest BCUT2D eigenvalue weighted by Crippen LogP contribution is -2.18. The van der Waals surface area contributed by atoms with Crippen molar-refractivity contribution < 1.29 is 4.79 Å². The molecule has 2 aromatic rings. The molecule has 0 aromatic heterocycles. The van der Waals surface area contributed by atoms with Gasteiger partial charge in [0.2, 0.25) is 0 Å². The summed E-state index contributed by atoms with van der Waals surface area (Å²) in [4.78, 5) is 11.7. The summed E-state index contributed by atoms with van der Waals surface area (Å²) < 4.78 is 0. The highest BCUT2D eigenvalue weighted by Crippen LogP contribution is 2.20. The zero-order chi connectivity index (χ0) is 11.5. The molecule has 0 bridgehead atoms. The maximum absolute atomic E-state index is 11.7. The molecule has 78 valence electrons. The largest absolute Gasteiger partial charge is 0.355 e. The normalized spacial score (nSPS) is 9.75. The second kappa shape index (κ2) is 4.03. The van der Waals surface area contributed by atoms with Crippen molar-refractivity contribution in [3.63, 3.8) is 0 Å². The van der Waals surface area contributed by atoms with Crippen molar-refractivity contribution in [2.45, 2.75) is 0 Å². The van der Waals surface area contributed by atoms with Crippen LogP contribution in [0.1, 0.15) is 15.9 Å². The van der Waals surface area contributed by atoms with Gasteiger partial charge in [0.05, 0.1) is 11.6 Å². The number of fused-ring (bicyclic) bond motifs is 1. The number of hydrogen-bond acceptors (Lipinski definition) is 2. The Morgan fingerprint density at radius 3 is 2.75 bits per heavy atom. The van der Waals surface area contributed by atoms with E-state index in [1.54, 1.807) is 19.2 Å². The minimum absolute atomic E-state index is 0.173. The van der Waals surface area contributed by atoms with Crippen molar-refractivity contribution in [1.29, 1.82) is 5.26 Å². The van der Waals surface area contributed by atoms with E-state index in [0.29, 0.717) is 11.1 Å². The van der Waals surface area contributed by atoms with Crippen molar-refractivity contribution in [1.82, 2.24) is 5.32 Å². The van der Waals surface area contributed by atoms with E-state index in [-0.39, 0.29) is 5.91 Å². The van der Waals surface area contributed by atoms with Gasteiger partial charge in [-0.05, 0) is 22.9 Å². The molecular weight excluding hydrogens is 200 g/mol. The van der Waals surface area contributed by atoms with Gasteiger partial charge in [-0.25, -0.2) is 0 Å². The fourth-order valence-electron chi connectivity index (χ4n) is 1.70. The maximum atomic E-state index is 11.7. The van der Waals surface area contributed by atoms with Crippen LogP contribution < -0.4 is 5.32 Å². The Bertz CT molecular complexity index is 596. The molecule has 0 heterocycles. The minimum Gasteiger partial charge on any atom is -0.355 e. The standard InChI is InChI=1S/C13H10N2O/c1-15-13(16)12-7-9(8-14)6-10-4-2-3-5-11(10)12/h2-7H,1H3,(H,15,16). The van der Waals surface area contributed by atoms with Gasteiger partial charge in [0, 0.05) is 12.6 Å². The summed E-state index contributed by atoms with van der Waals surface area (Å²) in [5.74, 6) is -0.173. The Hall–Kier alpha value is -2.34. The maximum Gasteiger partial charge on any atom is 0.251 e. The van der Waals surface area contributed by atoms with Crippen LogP contribution in [-0.4, -0.2) is 13.0 Å². The van der Waals surface area contributed by atoms with E-state index in [0.717, 1.165) is 10.8 Å². The van der Waals surface area contributed by atoms with Crippen LogP contribution in [0.25, 0.3) is 10.8 Å². The van der Waals surface area contributed by atoms with Gasteiger partial charge in [-0.1, -0.05) is 24.3 Å². The lowest BCUT2D eigenvalue weighted by molar-refractivity contribution is 0.0964. The molecule has 3 nitrogen and oxygen atoms in total. The van der Waals surface area contributed by atoms with E-state index in [9.17, 15) is 4.79 Å². The second-order valence-electron chi connectivity index (χ2n) is 3.44. The summed E-state index contributed by atoms with van der Waals surface area (Å²) in [7, 11) is 1.58. The number of nitrogens with one attached hydrogen (secondary N) is 1. The van der Waals surface area contributed by atoms with E-state index >= 15 is 0 Å². The topological polar surface area (TPSA) is 52.9 Å². The average molecular weight is 210 g/mol. The van der Waals surface area contributed by atoms with Crippen LogP contribution in [0.5, 0.6) is 0 Å². The first kappa shape index (κ1) is 10.2. The summed E-state index contributed by atoms with van der Waals surface area (Å²) in [6.45, 7) is 0. The Morgan fingerprint density at radius 2 is 2.06 bits per heavy atom. The Morgan fingerprint density at radius 1 is 1.31 bits per heavy atom. The zero-order valence-corrected chi connectivity index (χ0v) is 8.82. The van der Waals surface area contributed by atoms with Gasteiger partial charge in [0.1, 0.15) is 0 Å². The first-order valence-electron chi connectivity index (χ1n) is 4.91. The van der Waals surface area contributed by atoms with E-state index in [4.69, 9.17) is 5.26 Å². The van der Waals surface area contributed by atoms with Crippen molar-refractivity contribution >= 4 is 16.7 Å². The number of carbonyl (C=O) groups is 1. The third-order valence-corrected chi connectivity index (χ3v) is 2.46. The molecule has 1 amide bonds. The van der Waals surface area contributed by atoms with Crippen molar-refractivity contribution in [2.24, 2.45) is 0 Å². The highest BCUT2D eigenvalue weighted by atomic mass is 16.1. The fraction of sp³-hybridized carbons (Fsp3) is 0.0769. The van der Waals surface area contributed by atoms with E-state index < -0.39 is 0 Å². The quantitative estimate of drug-likeness (QED) is 0.783. The number of benzene rings is 2. The molecular formula is C13H10N2O. The highest BCUT2D eigenvalue weighted by Gasteiger charge is 2.09. The zero-order valence-electron chi connectivity index (χ0n) is 8.82. The van der Waals surface area contributed by atoms with Crippen LogP contribution in [0.15, 0.2) is 36.4 Å². The molecule has 16 heavy (non-hydrogen) atoms. The molecule has 1 N–H and O–H groups in total. The van der Waals surface area contributed by atoms with Crippen LogP contribution in [0.4, 0.5) is 0 Å². The van der Waals surface area contributed by atoms with Gasteiger partial charge < -0.3 is 5.32 Å². The summed E-state index contributed by atoms with van der Waals surface area (Å²) >= 11 is 0. The molecule has 0 saturated carbocycles. The molecule has 0 saturated heterocycles. The molecule has 0 atom stereocenters. The molecule has 3 heteroatoms. The Balaban J connectivity index is 2.79. The summed E-state index contributed by atoms with van der Waals surface area (Å²) in [6.07, 6.45) is 0. The number of nitrogens with zero attached hydrogens (tertiary/aromatic N) is 1. The molecule has 0 radical (unpaired) electrons. The second-order valence-corrected chi connectivity index (χ2v) is 3.44. The van der Waals surface area contributed by atoms with Crippen molar-refractivity contribution in [2.75, 3.05) is 7.05 Å². The first-order chi connectivity index (χ1) is 7.76. The van der Waals surface area contributed by atoms with Crippen LogP contribution in [-0.2, 0) is 0 Å². The third kappa shape index (κ3) is 1.61. The monoisotopic (exact) mass is 210 g/mol. The Labute approximate surface area is 93.3 Å². The van der Waals surface area contributed by atoms with E-state index in [2.05, 4.69) is 11.4 Å². The molecule has 0 unspecified atom stereocenters. The van der Waals surface area contributed by atoms with E-state index in [1.165, 1.54) is 0 Å². The lowest BCUT2D eigenvalue weighted by Gasteiger charge is -2.05. The van der Waals surface area contributed by atoms with Crippen LogP contribution in [0.2, 0.25) is 0 Å². The van der Waals surface area contributed by atoms with Crippen LogP contribution in [0, 0.1) is 11.3 Å². The molecule has 0 aliphatic carbocycles.